The molecule has 3 heterocycles. The van der Waals surface area contributed by atoms with Crippen LogP contribution in [0.5, 0.6) is 11.5 Å². The minimum absolute atomic E-state index is 0.126. The summed E-state index contributed by atoms with van der Waals surface area (Å²) in [4.78, 5) is 32.2. The van der Waals surface area contributed by atoms with Gasteiger partial charge in [-0.15, -0.1) is 0 Å². The van der Waals surface area contributed by atoms with Gasteiger partial charge in [0, 0.05) is 49.9 Å². The zero-order chi connectivity index (χ0) is 24.9. The lowest BCUT2D eigenvalue weighted by atomic mass is 9.95. The van der Waals surface area contributed by atoms with Gasteiger partial charge < -0.3 is 29.0 Å². The topological polar surface area (TPSA) is 94.9 Å². The van der Waals surface area contributed by atoms with Gasteiger partial charge in [0.1, 0.15) is 6.04 Å². The number of piperidine rings is 1. The summed E-state index contributed by atoms with van der Waals surface area (Å²) in [5, 5.41) is 2.92. The Labute approximate surface area is 210 Å². The molecular formula is C27H30N4O5. The van der Waals surface area contributed by atoms with Crippen molar-refractivity contribution in [3.05, 3.63) is 72.3 Å². The van der Waals surface area contributed by atoms with E-state index in [1.54, 1.807) is 6.33 Å². The summed E-state index contributed by atoms with van der Waals surface area (Å²) in [6.45, 7) is 2.41. The predicted octanol–water partition coefficient (Wildman–Crippen LogP) is 2.78. The van der Waals surface area contributed by atoms with Crippen LogP contribution in [0.15, 0.2) is 61.1 Å². The van der Waals surface area contributed by atoms with Crippen LogP contribution >= 0.6 is 0 Å². The number of methoxy groups -OCH3 is 1. The predicted molar refractivity (Wildman–Crippen MR) is 133 cm³/mol. The monoisotopic (exact) mass is 490 g/mol. The molecule has 1 aromatic heterocycles. The number of anilines is 1. The molecule has 1 saturated heterocycles. The van der Waals surface area contributed by atoms with Gasteiger partial charge >= 0.3 is 5.97 Å². The van der Waals surface area contributed by atoms with Gasteiger partial charge in [0.05, 0.1) is 19.1 Å². The lowest BCUT2D eigenvalue weighted by molar-refractivity contribution is -0.145. The first kappa shape index (κ1) is 23.7. The third-order valence-corrected chi connectivity index (χ3v) is 6.70. The molecule has 0 aliphatic carbocycles. The van der Waals surface area contributed by atoms with Crippen LogP contribution in [0.2, 0.25) is 0 Å². The number of nitrogens with one attached hydrogen (secondary N) is 1. The number of aromatic nitrogens is 2. The highest BCUT2D eigenvalue weighted by Gasteiger charge is 2.30. The highest BCUT2D eigenvalue weighted by Crippen LogP contribution is 2.36. The highest BCUT2D eigenvalue weighted by atomic mass is 16.7. The van der Waals surface area contributed by atoms with Crippen molar-refractivity contribution < 1.29 is 23.8 Å². The summed E-state index contributed by atoms with van der Waals surface area (Å²) in [7, 11) is 1.33. The maximum absolute atomic E-state index is 13.1. The number of ether oxygens (including phenoxy) is 3. The third-order valence-electron chi connectivity index (χ3n) is 6.70. The van der Waals surface area contributed by atoms with Crippen LogP contribution in [0.3, 0.4) is 0 Å². The molecule has 1 atom stereocenters. The van der Waals surface area contributed by atoms with Crippen molar-refractivity contribution in [1.82, 2.24) is 14.9 Å². The molecule has 188 valence electrons. The first-order chi connectivity index (χ1) is 17.6. The number of benzene rings is 2. The fourth-order valence-electron chi connectivity index (χ4n) is 4.71. The third kappa shape index (κ3) is 5.45. The lowest BCUT2D eigenvalue weighted by Crippen LogP contribution is -2.48. The zero-order valence-electron chi connectivity index (χ0n) is 20.3. The van der Waals surface area contributed by atoms with Gasteiger partial charge in [-0.25, -0.2) is 9.78 Å². The van der Waals surface area contributed by atoms with Crippen LogP contribution in [0.4, 0.5) is 5.69 Å². The Bertz CT molecular complexity index is 1200. The van der Waals surface area contributed by atoms with E-state index in [1.807, 2.05) is 47.2 Å². The number of imidazole rings is 1. The number of hydrogen-bond acceptors (Lipinski definition) is 7. The fourth-order valence-corrected chi connectivity index (χ4v) is 4.71. The number of hydrogen-bond donors (Lipinski definition) is 1. The molecule has 2 aromatic carbocycles. The summed E-state index contributed by atoms with van der Waals surface area (Å²) in [5.41, 5.74) is 2.93. The first-order valence-electron chi connectivity index (χ1n) is 12.2. The molecule has 0 radical (unpaired) electrons. The minimum Gasteiger partial charge on any atom is -0.467 e. The molecule has 5 rings (SSSR count). The lowest BCUT2D eigenvalue weighted by Gasteiger charge is -2.33. The number of carbonyl (C=O) groups is 2. The molecule has 9 nitrogen and oxygen atoms in total. The van der Waals surface area contributed by atoms with Crippen LogP contribution in [0, 0.1) is 5.92 Å². The number of amides is 1. The maximum Gasteiger partial charge on any atom is 0.328 e. The van der Waals surface area contributed by atoms with E-state index in [9.17, 15) is 9.59 Å². The smallest absolute Gasteiger partial charge is 0.328 e. The van der Waals surface area contributed by atoms with Crippen molar-refractivity contribution >= 4 is 17.6 Å². The molecule has 0 spiro atoms. The summed E-state index contributed by atoms with van der Waals surface area (Å²) in [5.74, 6) is 0.738. The molecule has 1 fully saturated rings. The Kier molecular flexibility index (Phi) is 7.06. The van der Waals surface area contributed by atoms with Gasteiger partial charge in [0.25, 0.3) is 0 Å². The maximum atomic E-state index is 13.1. The molecule has 2 aliphatic heterocycles. The standard InChI is InChI=1S/C27H30N4O5/c1-34-27(33)23(13-21-16-30(17-28-21)15-19-5-3-2-4-6-19)29-26(32)20-9-11-31(12-10-20)22-7-8-24-25(14-22)36-18-35-24/h2-8,14,16-17,20,23H,9-13,15,18H2,1H3,(H,29,32). The Morgan fingerprint density at radius 3 is 2.67 bits per heavy atom. The van der Waals surface area contributed by atoms with Crippen molar-refractivity contribution in [3.63, 3.8) is 0 Å². The van der Waals surface area contributed by atoms with Crippen molar-refractivity contribution in [1.29, 1.82) is 0 Å². The summed E-state index contributed by atoms with van der Waals surface area (Å²) in [6, 6.07) is 15.2. The van der Waals surface area contributed by atoms with Crippen LogP contribution in [0.1, 0.15) is 24.1 Å². The fraction of sp³-hybridized carbons (Fsp3) is 0.370. The highest BCUT2D eigenvalue weighted by molar-refractivity contribution is 5.86. The Balaban J connectivity index is 1.16. The van der Waals surface area contributed by atoms with Gasteiger partial charge in [0.15, 0.2) is 11.5 Å². The summed E-state index contributed by atoms with van der Waals surface area (Å²) >= 11 is 0. The SMILES string of the molecule is COC(=O)C(Cc1cn(Cc2ccccc2)cn1)NC(=O)C1CCN(c2ccc3c(c2)OCO3)CC1. The summed E-state index contributed by atoms with van der Waals surface area (Å²) < 4.78 is 17.8. The minimum atomic E-state index is -0.783. The van der Waals surface area contributed by atoms with Gasteiger partial charge in [0.2, 0.25) is 12.7 Å². The van der Waals surface area contributed by atoms with E-state index in [2.05, 4.69) is 27.3 Å². The van der Waals surface area contributed by atoms with Crippen molar-refractivity contribution in [2.24, 2.45) is 5.92 Å². The van der Waals surface area contributed by atoms with Crippen LogP contribution < -0.4 is 19.7 Å². The first-order valence-corrected chi connectivity index (χ1v) is 12.2. The second kappa shape index (κ2) is 10.7. The van der Waals surface area contributed by atoms with E-state index in [1.165, 1.54) is 7.11 Å². The number of fused-ring (bicyclic) bond motifs is 1. The van der Waals surface area contributed by atoms with E-state index < -0.39 is 12.0 Å². The molecule has 1 amide bonds. The normalized spacial score (nSPS) is 16.0. The van der Waals surface area contributed by atoms with E-state index in [0.29, 0.717) is 19.4 Å². The van der Waals surface area contributed by atoms with Gasteiger partial charge in [-0.2, -0.15) is 0 Å². The number of rotatable bonds is 8. The number of esters is 1. The molecule has 1 N–H and O–H groups in total. The second-order valence-electron chi connectivity index (χ2n) is 9.11. The van der Waals surface area contributed by atoms with E-state index in [-0.39, 0.29) is 25.0 Å². The van der Waals surface area contributed by atoms with Crippen LogP contribution in [-0.2, 0) is 27.3 Å². The van der Waals surface area contributed by atoms with Gasteiger partial charge in [-0.05, 0) is 30.5 Å². The summed E-state index contributed by atoms with van der Waals surface area (Å²) in [6.07, 6.45) is 5.30. The quantitative estimate of drug-likeness (QED) is 0.485. The van der Waals surface area contributed by atoms with E-state index >= 15 is 0 Å². The van der Waals surface area contributed by atoms with Gasteiger partial charge in [-0.1, -0.05) is 30.3 Å². The Hall–Kier alpha value is -4.01. The molecule has 1 unspecified atom stereocenters. The Morgan fingerprint density at radius 2 is 1.89 bits per heavy atom. The van der Waals surface area contributed by atoms with Crippen molar-refractivity contribution in [2.75, 3.05) is 31.9 Å². The molecule has 9 heteroatoms. The number of carbonyl (C=O) groups excluding carboxylic acids is 2. The number of nitrogens with zero attached hydrogens (tertiary/aromatic N) is 3. The zero-order valence-corrected chi connectivity index (χ0v) is 20.3. The molecule has 0 bridgehead atoms. The van der Waals surface area contributed by atoms with E-state index in [4.69, 9.17) is 14.2 Å². The van der Waals surface area contributed by atoms with E-state index in [0.717, 1.165) is 41.5 Å². The second-order valence-corrected chi connectivity index (χ2v) is 9.11. The molecule has 2 aliphatic rings. The Morgan fingerprint density at radius 1 is 1.11 bits per heavy atom. The average Bonchev–Trinajstić information content (AvgIpc) is 3.57. The van der Waals surface area contributed by atoms with Crippen LogP contribution in [0.25, 0.3) is 0 Å². The van der Waals surface area contributed by atoms with Crippen molar-refractivity contribution in [3.8, 4) is 11.5 Å². The molecule has 3 aromatic rings. The molecule has 36 heavy (non-hydrogen) atoms. The van der Waals surface area contributed by atoms with Crippen molar-refractivity contribution in [2.45, 2.75) is 31.8 Å². The molecular weight excluding hydrogens is 460 g/mol. The van der Waals surface area contributed by atoms with Gasteiger partial charge in [-0.3, -0.25) is 4.79 Å². The average molecular weight is 491 g/mol. The largest absolute Gasteiger partial charge is 0.467 e. The van der Waals surface area contributed by atoms with Crippen LogP contribution in [-0.4, -0.2) is 54.5 Å². The molecule has 0 saturated carbocycles.